The number of rotatable bonds is 0. The van der Waals surface area contributed by atoms with Gasteiger partial charge < -0.3 is 0 Å². The second kappa shape index (κ2) is 3.13. The topological polar surface area (TPSA) is 23.8 Å². The monoisotopic (exact) mass is 185 g/mol. The first-order chi connectivity index (χ1) is 5.15. The highest BCUT2D eigenvalue weighted by atomic mass is 35.5. The molecular formula is C8H5Cl2N. The molecule has 11 heavy (non-hydrogen) atoms. The van der Waals surface area contributed by atoms with E-state index in [0.29, 0.717) is 15.6 Å². The fourth-order valence-electron chi connectivity index (χ4n) is 0.806. The first-order valence-electron chi connectivity index (χ1n) is 3.01. The summed E-state index contributed by atoms with van der Waals surface area (Å²) in [7, 11) is 0. The fourth-order valence-corrected chi connectivity index (χ4v) is 1.23. The average molecular weight is 186 g/mol. The number of hydrogen-bond donors (Lipinski definition) is 0. The van der Waals surface area contributed by atoms with Crippen LogP contribution in [0.1, 0.15) is 11.1 Å². The van der Waals surface area contributed by atoms with Crippen molar-refractivity contribution in [2.75, 3.05) is 0 Å². The maximum absolute atomic E-state index is 8.57. The predicted octanol–water partition coefficient (Wildman–Crippen LogP) is 3.17. The Morgan fingerprint density at radius 2 is 2.00 bits per heavy atom. The van der Waals surface area contributed by atoms with Gasteiger partial charge in [-0.25, -0.2) is 0 Å². The van der Waals surface area contributed by atoms with Gasteiger partial charge in [-0.3, -0.25) is 0 Å². The Balaban J connectivity index is 3.39. The molecule has 0 fully saturated rings. The van der Waals surface area contributed by atoms with Crippen molar-refractivity contribution in [1.29, 1.82) is 5.26 Å². The maximum Gasteiger partial charge on any atom is 0.101 e. The van der Waals surface area contributed by atoms with E-state index in [4.69, 9.17) is 28.5 Å². The maximum atomic E-state index is 8.57. The van der Waals surface area contributed by atoms with Crippen molar-refractivity contribution in [3.63, 3.8) is 0 Å². The second-order valence-electron chi connectivity index (χ2n) is 2.22. The number of benzene rings is 1. The zero-order valence-electron chi connectivity index (χ0n) is 5.86. The molecule has 1 nitrogen and oxygen atoms in total. The third kappa shape index (κ3) is 1.65. The number of halogens is 2. The van der Waals surface area contributed by atoms with Crippen LogP contribution in [0.5, 0.6) is 0 Å². The highest BCUT2D eigenvalue weighted by Crippen LogP contribution is 2.26. The molecule has 0 aromatic heterocycles. The van der Waals surface area contributed by atoms with Crippen molar-refractivity contribution in [3.05, 3.63) is 33.3 Å². The van der Waals surface area contributed by atoms with Gasteiger partial charge in [0.1, 0.15) is 6.07 Å². The summed E-state index contributed by atoms with van der Waals surface area (Å²) in [5.41, 5.74) is 1.37. The number of nitriles is 1. The van der Waals surface area contributed by atoms with E-state index >= 15 is 0 Å². The molecule has 0 unspecified atom stereocenters. The summed E-state index contributed by atoms with van der Waals surface area (Å²) in [6.07, 6.45) is 0. The van der Waals surface area contributed by atoms with Gasteiger partial charge in [-0.05, 0) is 24.6 Å². The number of aryl methyl sites for hydroxylation is 1. The van der Waals surface area contributed by atoms with Crippen LogP contribution in [0.25, 0.3) is 0 Å². The lowest BCUT2D eigenvalue weighted by Crippen LogP contribution is -1.80. The predicted molar refractivity (Wildman–Crippen MR) is 45.9 cm³/mol. The van der Waals surface area contributed by atoms with Gasteiger partial charge in [0.15, 0.2) is 0 Å². The molecule has 0 saturated heterocycles. The van der Waals surface area contributed by atoms with E-state index in [9.17, 15) is 0 Å². The van der Waals surface area contributed by atoms with E-state index in [1.807, 2.05) is 13.0 Å². The minimum atomic E-state index is 0.333. The van der Waals surface area contributed by atoms with Crippen LogP contribution < -0.4 is 0 Å². The normalized spacial score (nSPS) is 9.27. The second-order valence-corrected chi connectivity index (χ2v) is 3.01. The lowest BCUT2D eigenvalue weighted by Gasteiger charge is -1.98. The highest BCUT2D eigenvalue weighted by Gasteiger charge is 2.04. The molecule has 1 rings (SSSR count). The van der Waals surface area contributed by atoms with Gasteiger partial charge in [-0.2, -0.15) is 5.26 Å². The Kier molecular flexibility index (Phi) is 2.38. The van der Waals surface area contributed by atoms with E-state index in [2.05, 4.69) is 0 Å². The Bertz CT molecular complexity index is 326. The summed E-state index contributed by atoms with van der Waals surface area (Å²) in [6, 6.07) is 5.39. The molecule has 0 radical (unpaired) electrons. The van der Waals surface area contributed by atoms with Crippen LogP contribution in [0.3, 0.4) is 0 Å². The lowest BCUT2D eigenvalue weighted by molar-refractivity contribution is 1.42. The van der Waals surface area contributed by atoms with Crippen LogP contribution in [-0.4, -0.2) is 0 Å². The molecule has 0 aliphatic carbocycles. The van der Waals surface area contributed by atoms with E-state index in [1.54, 1.807) is 12.1 Å². The van der Waals surface area contributed by atoms with Crippen LogP contribution >= 0.6 is 23.2 Å². The molecule has 0 saturated carbocycles. The number of hydrogen-bond acceptors (Lipinski definition) is 1. The molecule has 0 amide bonds. The van der Waals surface area contributed by atoms with Crippen molar-refractivity contribution in [1.82, 2.24) is 0 Å². The average Bonchev–Trinajstić information content (AvgIpc) is 1.96. The van der Waals surface area contributed by atoms with E-state index in [1.165, 1.54) is 0 Å². The first-order valence-corrected chi connectivity index (χ1v) is 3.76. The zero-order chi connectivity index (χ0) is 8.43. The Morgan fingerprint density at radius 3 is 2.55 bits per heavy atom. The first kappa shape index (κ1) is 8.39. The third-order valence-corrected chi connectivity index (χ3v) is 2.10. The summed E-state index contributed by atoms with van der Waals surface area (Å²) in [5.74, 6) is 0. The van der Waals surface area contributed by atoms with Crippen molar-refractivity contribution in [2.45, 2.75) is 6.92 Å². The van der Waals surface area contributed by atoms with Crippen molar-refractivity contribution < 1.29 is 0 Å². The molecule has 1 aromatic rings. The van der Waals surface area contributed by atoms with Gasteiger partial charge in [0.25, 0.3) is 0 Å². The molecule has 0 N–H and O–H groups in total. The Hall–Kier alpha value is -0.710. The van der Waals surface area contributed by atoms with Crippen LogP contribution in [0.15, 0.2) is 12.1 Å². The highest BCUT2D eigenvalue weighted by molar-refractivity contribution is 6.42. The Labute approximate surface area is 75.2 Å². The molecule has 3 heteroatoms. The van der Waals surface area contributed by atoms with Gasteiger partial charge in [0.2, 0.25) is 0 Å². The smallest absolute Gasteiger partial charge is 0.101 e. The molecular weight excluding hydrogens is 181 g/mol. The van der Waals surface area contributed by atoms with Crippen molar-refractivity contribution in [3.8, 4) is 6.07 Å². The summed E-state index contributed by atoms with van der Waals surface area (Å²) in [5, 5.41) is 9.34. The van der Waals surface area contributed by atoms with Gasteiger partial charge in [-0.1, -0.05) is 23.2 Å². The Morgan fingerprint density at radius 1 is 1.36 bits per heavy atom. The molecule has 56 valence electrons. The molecule has 1 aromatic carbocycles. The summed E-state index contributed by atoms with van der Waals surface area (Å²) < 4.78 is 0. The van der Waals surface area contributed by atoms with Gasteiger partial charge >= 0.3 is 0 Å². The summed E-state index contributed by atoms with van der Waals surface area (Å²) in [4.78, 5) is 0. The van der Waals surface area contributed by atoms with Crippen LogP contribution in [0, 0.1) is 18.3 Å². The summed E-state index contributed by atoms with van der Waals surface area (Å²) >= 11 is 11.4. The molecule has 0 heterocycles. The van der Waals surface area contributed by atoms with E-state index in [-0.39, 0.29) is 0 Å². The van der Waals surface area contributed by atoms with Crippen molar-refractivity contribution >= 4 is 23.2 Å². The SMILES string of the molecule is Cc1cc(Cl)c(Cl)c(C#N)c1. The molecule has 0 bridgehead atoms. The van der Waals surface area contributed by atoms with Gasteiger partial charge in [-0.15, -0.1) is 0 Å². The minimum absolute atomic E-state index is 0.333. The van der Waals surface area contributed by atoms with Gasteiger partial charge in [0.05, 0.1) is 15.6 Å². The summed E-state index contributed by atoms with van der Waals surface area (Å²) in [6.45, 7) is 1.86. The number of nitrogens with zero attached hydrogens (tertiary/aromatic N) is 1. The zero-order valence-corrected chi connectivity index (χ0v) is 7.37. The van der Waals surface area contributed by atoms with E-state index in [0.717, 1.165) is 5.56 Å². The van der Waals surface area contributed by atoms with Crippen LogP contribution in [0.4, 0.5) is 0 Å². The standard InChI is InChI=1S/C8H5Cl2N/c1-5-2-6(4-11)8(10)7(9)3-5/h2-3H,1H3. The molecule has 0 spiro atoms. The largest absolute Gasteiger partial charge is 0.192 e. The van der Waals surface area contributed by atoms with Gasteiger partial charge in [0, 0.05) is 0 Å². The fraction of sp³-hybridized carbons (Fsp3) is 0.125. The third-order valence-electron chi connectivity index (χ3n) is 1.29. The quantitative estimate of drug-likeness (QED) is 0.610. The molecule has 0 aliphatic heterocycles. The van der Waals surface area contributed by atoms with Crippen LogP contribution in [-0.2, 0) is 0 Å². The lowest BCUT2D eigenvalue weighted by atomic mass is 10.1. The minimum Gasteiger partial charge on any atom is -0.192 e. The molecule has 0 atom stereocenters. The van der Waals surface area contributed by atoms with Crippen molar-refractivity contribution in [2.24, 2.45) is 0 Å². The van der Waals surface area contributed by atoms with E-state index < -0.39 is 0 Å². The van der Waals surface area contributed by atoms with Crippen LogP contribution in [0.2, 0.25) is 10.0 Å². The molecule has 0 aliphatic rings.